The third-order valence-electron chi connectivity index (χ3n) is 6.89. The fraction of sp³-hybridized carbons (Fsp3) is 0.462. The highest BCUT2D eigenvalue weighted by Crippen LogP contribution is 2.28. The van der Waals surface area contributed by atoms with Crippen molar-refractivity contribution in [1.82, 2.24) is 24.6 Å². The number of likely N-dealkylation sites (tertiary alicyclic amines) is 1. The number of aromatic nitrogens is 3. The molecule has 0 aliphatic carbocycles. The number of benzene rings is 1. The standard InChI is InChI=1S/C26H33N5O2S/c1-19-24(34-18-27-19)9-10-25(32)31-15-11-21(12-16-31)23(17-20-7-5-4-6-8-20)30(3)26(33)22-13-14-29(2)28-22/h4-8,13-14,18,21,23H,9-12,15-17H2,1-3H3. The van der Waals surface area contributed by atoms with Crippen LogP contribution in [0.2, 0.25) is 0 Å². The van der Waals surface area contributed by atoms with Crippen LogP contribution in [0.25, 0.3) is 0 Å². The normalized spacial score (nSPS) is 15.3. The van der Waals surface area contributed by atoms with Crippen molar-refractivity contribution < 1.29 is 9.59 Å². The number of thiazole rings is 1. The van der Waals surface area contributed by atoms with Crippen molar-refractivity contribution in [1.29, 1.82) is 0 Å². The third kappa shape index (κ3) is 5.73. The van der Waals surface area contributed by atoms with E-state index in [1.807, 2.05) is 54.5 Å². The van der Waals surface area contributed by atoms with Gasteiger partial charge < -0.3 is 9.80 Å². The van der Waals surface area contributed by atoms with E-state index in [9.17, 15) is 9.59 Å². The largest absolute Gasteiger partial charge is 0.343 e. The maximum absolute atomic E-state index is 13.2. The minimum Gasteiger partial charge on any atom is -0.343 e. The van der Waals surface area contributed by atoms with E-state index in [1.54, 1.807) is 28.3 Å². The first-order valence-electron chi connectivity index (χ1n) is 11.9. The van der Waals surface area contributed by atoms with E-state index in [0.717, 1.165) is 44.5 Å². The minimum atomic E-state index is -0.0556. The van der Waals surface area contributed by atoms with Crippen LogP contribution in [0.1, 0.15) is 45.9 Å². The van der Waals surface area contributed by atoms with Crippen LogP contribution in [-0.4, -0.2) is 62.6 Å². The lowest BCUT2D eigenvalue weighted by Gasteiger charge is -2.40. The molecule has 1 fully saturated rings. The van der Waals surface area contributed by atoms with E-state index in [-0.39, 0.29) is 17.9 Å². The molecular weight excluding hydrogens is 446 g/mol. The highest BCUT2D eigenvalue weighted by molar-refractivity contribution is 7.09. The van der Waals surface area contributed by atoms with E-state index in [0.29, 0.717) is 18.0 Å². The lowest BCUT2D eigenvalue weighted by atomic mass is 9.84. The fourth-order valence-corrected chi connectivity index (χ4v) is 5.60. The second-order valence-corrected chi connectivity index (χ2v) is 10.1. The van der Waals surface area contributed by atoms with Gasteiger partial charge in [-0.1, -0.05) is 30.3 Å². The molecule has 0 N–H and O–H groups in total. The van der Waals surface area contributed by atoms with Crippen molar-refractivity contribution in [2.24, 2.45) is 13.0 Å². The van der Waals surface area contributed by atoms with Crippen molar-refractivity contribution in [2.75, 3.05) is 20.1 Å². The monoisotopic (exact) mass is 479 g/mol. The molecule has 1 aliphatic heterocycles. The van der Waals surface area contributed by atoms with Crippen molar-refractivity contribution in [3.63, 3.8) is 0 Å². The fourth-order valence-electron chi connectivity index (χ4n) is 4.81. The Morgan fingerprint density at radius 3 is 2.53 bits per heavy atom. The van der Waals surface area contributed by atoms with Gasteiger partial charge in [-0.05, 0) is 50.2 Å². The molecule has 4 rings (SSSR count). The molecule has 2 aromatic heterocycles. The van der Waals surface area contributed by atoms with Crippen molar-refractivity contribution in [2.45, 2.75) is 45.1 Å². The second-order valence-electron chi connectivity index (χ2n) is 9.13. The lowest BCUT2D eigenvalue weighted by molar-refractivity contribution is -0.132. The van der Waals surface area contributed by atoms with E-state index < -0.39 is 0 Å². The number of piperidine rings is 1. The van der Waals surface area contributed by atoms with E-state index in [4.69, 9.17) is 0 Å². The zero-order valence-electron chi connectivity index (χ0n) is 20.2. The number of likely N-dealkylation sites (N-methyl/N-ethyl adjacent to an activating group) is 1. The van der Waals surface area contributed by atoms with Gasteiger partial charge in [0.2, 0.25) is 5.91 Å². The molecule has 1 saturated heterocycles. The molecule has 2 amide bonds. The molecule has 0 saturated carbocycles. The Kier molecular flexibility index (Phi) is 7.77. The average molecular weight is 480 g/mol. The van der Waals surface area contributed by atoms with Crippen LogP contribution in [0.5, 0.6) is 0 Å². The quantitative estimate of drug-likeness (QED) is 0.494. The van der Waals surface area contributed by atoms with Gasteiger partial charge in [-0.25, -0.2) is 4.98 Å². The first-order valence-corrected chi connectivity index (χ1v) is 12.8. The predicted molar refractivity (Wildman–Crippen MR) is 134 cm³/mol. The summed E-state index contributed by atoms with van der Waals surface area (Å²) in [6, 6.07) is 12.1. The maximum Gasteiger partial charge on any atom is 0.274 e. The number of amides is 2. The number of nitrogens with zero attached hydrogens (tertiary/aromatic N) is 5. The summed E-state index contributed by atoms with van der Waals surface area (Å²) in [4.78, 5) is 35.4. The van der Waals surface area contributed by atoms with Gasteiger partial charge in [-0.3, -0.25) is 14.3 Å². The lowest BCUT2D eigenvalue weighted by Crippen LogP contribution is -2.48. The van der Waals surface area contributed by atoms with Gasteiger partial charge >= 0.3 is 0 Å². The summed E-state index contributed by atoms with van der Waals surface area (Å²) in [6.07, 6.45) is 5.65. The van der Waals surface area contributed by atoms with Crippen molar-refractivity contribution in [3.05, 3.63) is 69.9 Å². The molecule has 180 valence electrons. The van der Waals surface area contributed by atoms with Gasteiger partial charge in [0.25, 0.3) is 5.91 Å². The Balaban J connectivity index is 1.41. The molecule has 3 aromatic rings. The number of carbonyl (C=O) groups is 2. The summed E-state index contributed by atoms with van der Waals surface area (Å²) in [5, 5.41) is 4.32. The first kappa shape index (κ1) is 24.1. The predicted octanol–water partition coefficient (Wildman–Crippen LogP) is 3.74. The summed E-state index contributed by atoms with van der Waals surface area (Å²) < 4.78 is 1.66. The number of rotatable bonds is 8. The molecule has 34 heavy (non-hydrogen) atoms. The number of hydrogen-bond acceptors (Lipinski definition) is 5. The van der Waals surface area contributed by atoms with Gasteiger partial charge in [0.1, 0.15) is 5.69 Å². The Bertz CT molecular complexity index is 1100. The minimum absolute atomic E-state index is 0.0500. The summed E-state index contributed by atoms with van der Waals surface area (Å²) in [5.74, 6) is 0.481. The summed E-state index contributed by atoms with van der Waals surface area (Å²) in [6.45, 7) is 3.47. The van der Waals surface area contributed by atoms with Crippen LogP contribution < -0.4 is 0 Å². The van der Waals surface area contributed by atoms with Crippen LogP contribution in [0, 0.1) is 12.8 Å². The van der Waals surface area contributed by atoms with Crippen LogP contribution in [-0.2, 0) is 24.7 Å². The topological polar surface area (TPSA) is 71.3 Å². The van der Waals surface area contributed by atoms with E-state index in [2.05, 4.69) is 22.2 Å². The average Bonchev–Trinajstić information content (AvgIpc) is 3.48. The Hall–Kier alpha value is -3.00. The van der Waals surface area contributed by atoms with E-state index in [1.165, 1.54) is 10.4 Å². The van der Waals surface area contributed by atoms with Gasteiger partial charge in [0, 0.05) is 50.7 Å². The Morgan fingerprint density at radius 1 is 1.18 bits per heavy atom. The van der Waals surface area contributed by atoms with Crippen molar-refractivity contribution in [3.8, 4) is 0 Å². The molecule has 1 aliphatic rings. The highest BCUT2D eigenvalue weighted by atomic mass is 32.1. The molecule has 0 spiro atoms. The summed E-state index contributed by atoms with van der Waals surface area (Å²) in [5.41, 5.74) is 4.55. The number of aryl methyl sites for hydroxylation is 3. The molecule has 0 radical (unpaired) electrons. The molecule has 8 heteroatoms. The van der Waals surface area contributed by atoms with E-state index >= 15 is 0 Å². The van der Waals surface area contributed by atoms with Crippen LogP contribution >= 0.6 is 11.3 Å². The van der Waals surface area contributed by atoms with Crippen molar-refractivity contribution >= 4 is 23.2 Å². The Labute approximate surface area is 205 Å². The zero-order valence-corrected chi connectivity index (χ0v) is 21.0. The second kappa shape index (κ2) is 11.0. The number of carbonyl (C=O) groups excluding carboxylic acids is 2. The zero-order chi connectivity index (χ0) is 24.1. The molecule has 1 atom stereocenters. The van der Waals surface area contributed by atoms with Crippen LogP contribution in [0.15, 0.2) is 48.1 Å². The van der Waals surface area contributed by atoms with Gasteiger partial charge in [-0.15, -0.1) is 11.3 Å². The molecule has 1 unspecified atom stereocenters. The molecular formula is C26H33N5O2S. The van der Waals surface area contributed by atoms with Gasteiger partial charge in [0.05, 0.1) is 11.2 Å². The molecule has 7 nitrogen and oxygen atoms in total. The smallest absolute Gasteiger partial charge is 0.274 e. The van der Waals surface area contributed by atoms with Crippen LogP contribution in [0.3, 0.4) is 0 Å². The third-order valence-corrected chi connectivity index (χ3v) is 7.88. The SMILES string of the molecule is Cc1ncsc1CCC(=O)N1CCC(C(Cc2ccccc2)N(C)C(=O)c2ccn(C)n2)CC1. The number of hydrogen-bond donors (Lipinski definition) is 0. The summed E-state index contributed by atoms with van der Waals surface area (Å²) in [7, 11) is 3.71. The molecule has 1 aromatic carbocycles. The maximum atomic E-state index is 13.2. The molecule has 0 bridgehead atoms. The highest BCUT2D eigenvalue weighted by Gasteiger charge is 2.33. The molecule has 3 heterocycles. The first-order chi connectivity index (χ1) is 16.4. The van der Waals surface area contributed by atoms with Crippen LogP contribution in [0.4, 0.5) is 0 Å². The van der Waals surface area contributed by atoms with Gasteiger partial charge in [0.15, 0.2) is 0 Å². The Morgan fingerprint density at radius 2 is 1.91 bits per heavy atom. The summed E-state index contributed by atoms with van der Waals surface area (Å²) >= 11 is 1.62. The van der Waals surface area contributed by atoms with Gasteiger partial charge in [-0.2, -0.15) is 5.10 Å².